The molecule has 0 spiro atoms. The minimum absolute atomic E-state index is 0.00197. The lowest BCUT2D eigenvalue weighted by Crippen LogP contribution is -2.33. The normalized spacial score (nSPS) is 14.5. The molecule has 1 saturated heterocycles. The van der Waals surface area contributed by atoms with Crippen LogP contribution in [0.3, 0.4) is 0 Å². The van der Waals surface area contributed by atoms with Gasteiger partial charge in [0.05, 0.1) is 35.7 Å². The Labute approximate surface area is 191 Å². The first-order valence-electron chi connectivity index (χ1n) is 9.10. The molecule has 166 valence electrons. The van der Waals surface area contributed by atoms with E-state index in [1.807, 2.05) is 0 Å². The number of nitro groups is 1. The third-order valence-corrected chi connectivity index (χ3v) is 5.47. The predicted octanol–water partition coefficient (Wildman–Crippen LogP) is 3.69. The van der Waals surface area contributed by atoms with E-state index in [1.165, 1.54) is 36.4 Å². The third kappa shape index (κ3) is 5.53. The second kappa shape index (κ2) is 10.1. The monoisotopic (exact) mass is 475 g/mol. The molecule has 0 aromatic heterocycles. The van der Waals surface area contributed by atoms with Gasteiger partial charge in [-0.15, -0.1) is 0 Å². The van der Waals surface area contributed by atoms with Crippen LogP contribution in [0.1, 0.15) is 12.0 Å². The Balaban J connectivity index is 1.73. The number of methoxy groups -OCH3 is 1. The average molecular weight is 476 g/mol. The maximum absolute atomic E-state index is 12.8. The Kier molecular flexibility index (Phi) is 7.28. The van der Waals surface area contributed by atoms with E-state index in [1.54, 1.807) is 24.3 Å². The molecule has 1 amide bonds. The first-order chi connectivity index (χ1) is 15.3. The van der Waals surface area contributed by atoms with Gasteiger partial charge in [0.15, 0.2) is 15.8 Å². The van der Waals surface area contributed by atoms with Gasteiger partial charge in [0.1, 0.15) is 0 Å². The summed E-state index contributed by atoms with van der Waals surface area (Å²) in [5.41, 5.74) is 3.91. The van der Waals surface area contributed by atoms with Crippen molar-refractivity contribution < 1.29 is 29.1 Å². The molecule has 2 aromatic rings. The first kappa shape index (κ1) is 23.0. The van der Waals surface area contributed by atoms with Crippen LogP contribution >= 0.6 is 24.0 Å². The number of anilines is 1. The summed E-state index contributed by atoms with van der Waals surface area (Å²) in [5.74, 6) is -0.564. The molecular formula is C20H17N3O7S2. The highest BCUT2D eigenvalue weighted by Crippen LogP contribution is 2.35. The van der Waals surface area contributed by atoms with Gasteiger partial charge in [-0.25, -0.2) is 5.01 Å². The second-order valence-electron chi connectivity index (χ2n) is 6.34. The molecule has 1 fully saturated rings. The molecule has 32 heavy (non-hydrogen) atoms. The molecule has 10 nitrogen and oxygen atoms in total. The summed E-state index contributed by atoms with van der Waals surface area (Å²) in [5, 5.41) is 20.7. The van der Waals surface area contributed by atoms with Gasteiger partial charge in [0.2, 0.25) is 0 Å². The van der Waals surface area contributed by atoms with Crippen LogP contribution in [0.5, 0.6) is 11.5 Å². The summed E-state index contributed by atoms with van der Waals surface area (Å²) >= 11 is 6.38. The molecule has 0 saturated carbocycles. The fraction of sp³-hybridized carbons (Fsp3) is 0.150. The van der Waals surface area contributed by atoms with E-state index in [2.05, 4.69) is 5.43 Å². The average Bonchev–Trinajstić information content (AvgIpc) is 3.02. The number of carbonyl (C=O) groups is 2. The van der Waals surface area contributed by atoms with Crippen molar-refractivity contribution in [2.24, 2.45) is 0 Å². The number of amides is 1. The molecule has 0 aliphatic carbocycles. The molecule has 1 aliphatic heterocycles. The van der Waals surface area contributed by atoms with Crippen molar-refractivity contribution in [3.8, 4) is 11.5 Å². The van der Waals surface area contributed by atoms with Crippen LogP contribution in [0.25, 0.3) is 6.08 Å². The van der Waals surface area contributed by atoms with Gasteiger partial charge in [-0.1, -0.05) is 17.8 Å². The van der Waals surface area contributed by atoms with Crippen LogP contribution in [0.15, 0.2) is 47.4 Å². The van der Waals surface area contributed by atoms with Gasteiger partial charge in [-0.2, -0.15) is 0 Å². The number of rotatable bonds is 9. The zero-order valence-electron chi connectivity index (χ0n) is 16.6. The lowest BCUT2D eigenvalue weighted by Gasteiger charge is -2.16. The topological polar surface area (TPSA) is 131 Å². The number of nitrogens with zero attached hydrogens (tertiary/aromatic N) is 2. The minimum Gasteiger partial charge on any atom is -0.493 e. The lowest BCUT2D eigenvalue weighted by atomic mass is 10.2. The highest BCUT2D eigenvalue weighted by atomic mass is 32.2. The Bertz CT molecular complexity index is 1100. The van der Waals surface area contributed by atoms with Crippen LogP contribution in [0.2, 0.25) is 0 Å². The van der Waals surface area contributed by atoms with Crippen LogP contribution in [-0.2, 0) is 9.59 Å². The SMILES string of the molecule is COc1cc(/C=C2/SC(=S)N(Nc3ccc([N+](=O)[O-])cc3)C2=O)ccc1OCCC(=O)O. The number of aliphatic carboxylic acids is 1. The number of hydrogen-bond acceptors (Lipinski definition) is 9. The van der Waals surface area contributed by atoms with Crippen molar-refractivity contribution >= 4 is 57.6 Å². The number of hydrazine groups is 1. The van der Waals surface area contributed by atoms with E-state index < -0.39 is 10.9 Å². The minimum atomic E-state index is -0.968. The van der Waals surface area contributed by atoms with Crippen molar-refractivity contribution in [2.75, 3.05) is 19.1 Å². The standard InChI is InChI=1S/C20H17N3O7S2/c1-29-16-10-12(2-7-15(16)30-9-8-18(24)25)11-17-19(26)22(20(31)32-17)21-13-3-5-14(6-4-13)23(27)28/h2-7,10-11,21H,8-9H2,1H3,(H,24,25)/b17-11+. The van der Waals surface area contributed by atoms with Crippen LogP contribution in [0, 0.1) is 10.1 Å². The third-order valence-electron chi connectivity index (χ3n) is 4.17. The fourth-order valence-corrected chi connectivity index (χ4v) is 3.82. The molecule has 0 radical (unpaired) electrons. The number of thiocarbonyl (C=S) groups is 1. The first-order valence-corrected chi connectivity index (χ1v) is 10.3. The molecule has 1 aliphatic rings. The van der Waals surface area contributed by atoms with Crippen molar-refractivity contribution in [2.45, 2.75) is 6.42 Å². The van der Waals surface area contributed by atoms with Crippen molar-refractivity contribution in [1.82, 2.24) is 5.01 Å². The van der Waals surface area contributed by atoms with Gasteiger partial charge in [0.25, 0.3) is 11.6 Å². The van der Waals surface area contributed by atoms with E-state index in [4.69, 9.17) is 26.8 Å². The van der Waals surface area contributed by atoms with E-state index >= 15 is 0 Å². The molecule has 2 aromatic carbocycles. The number of benzene rings is 2. The van der Waals surface area contributed by atoms with Crippen molar-refractivity contribution in [3.05, 3.63) is 63.0 Å². The maximum atomic E-state index is 12.8. The molecule has 12 heteroatoms. The maximum Gasteiger partial charge on any atom is 0.306 e. The molecule has 3 rings (SSSR count). The molecule has 1 heterocycles. The number of non-ortho nitro benzene ring substituents is 1. The van der Waals surface area contributed by atoms with Gasteiger partial charge >= 0.3 is 5.97 Å². The predicted molar refractivity (Wildman–Crippen MR) is 122 cm³/mol. The van der Waals surface area contributed by atoms with Crippen LogP contribution in [0.4, 0.5) is 11.4 Å². The van der Waals surface area contributed by atoms with Crippen LogP contribution < -0.4 is 14.9 Å². The quantitative estimate of drug-likeness (QED) is 0.240. The van der Waals surface area contributed by atoms with Crippen molar-refractivity contribution in [3.63, 3.8) is 0 Å². The van der Waals surface area contributed by atoms with E-state index in [9.17, 15) is 19.7 Å². The number of nitrogens with one attached hydrogen (secondary N) is 1. The Hall–Kier alpha value is -3.64. The Morgan fingerprint density at radius 2 is 2.00 bits per heavy atom. The number of carbonyl (C=O) groups excluding carboxylic acids is 1. The number of ether oxygens (including phenoxy) is 2. The van der Waals surface area contributed by atoms with Crippen molar-refractivity contribution in [1.29, 1.82) is 0 Å². The zero-order valence-corrected chi connectivity index (χ0v) is 18.3. The second-order valence-corrected chi connectivity index (χ2v) is 8.01. The summed E-state index contributed by atoms with van der Waals surface area (Å²) in [4.78, 5) is 34.1. The number of hydrogen-bond donors (Lipinski definition) is 2. The number of carboxylic acids is 1. The molecule has 2 N–H and O–H groups in total. The number of nitro benzene ring substituents is 1. The molecule has 0 unspecified atom stereocenters. The van der Waals surface area contributed by atoms with Gasteiger partial charge in [-0.3, -0.25) is 25.1 Å². The molecular weight excluding hydrogens is 458 g/mol. The number of thioether (sulfide) groups is 1. The highest BCUT2D eigenvalue weighted by Gasteiger charge is 2.32. The Morgan fingerprint density at radius 3 is 2.62 bits per heavy atom. The summed E-state index contributed by atoms with van der Waals surface area (Å²) < 4.78 is 11.0. The van der Waals surface area contributed by atoms with Crippen LogP contribution in [-0.4, -0.2) is 45.0 Å². The fourth-order valence-electron chi connectivity index (χ4n) is 2.64. The van der Waals surface area contributed by atoms with E-state index in [0.29, 0.717) is 27.7 Å². The van der Waals surface area contributed by atoms with Gasteiger partial charge in [0, 0.05) is 12.1 Å². The Morgan fingerprint density at radius 1 is 1.28 bits per heavy atom. The zero-order chi connectivity index (χ0) is 23.3. The number of carboxylic acid groups (broad SMARTS) is 1. The summed E-state index contributed by atoms with van der Waals surface area (Å²) in [6, 6.07) is 10.6. The lowest BCUT2D eigenvalue weighted by molar-refractivity contribution is -0.384. The van der Waals surface area contributed by atoms with Gasteiger partial charge in [-0.05, 0) is 48.1 Å². The highest BCUT2D eigenvalue weighted by molar-refractivity contribution is 8.26. The molecule has 0 atom stereocenters. The van der Waals surface area contributed by atoms with E-state index in [-0.39, 0.29) is 28.9 Å². The summed E-state index contributed by atoms with van der Waals surface area (Å²) in [6.07, 6.45) is 1.50. The van der Waals surface area contributed by atoms with Gasteiger partial charge < -0.3 is 14.6 Å². The van der Waals surface area contributed by atoms with E-state index in [0.717, 1.165) is 11.8 Å². The summed E-state index contributed by atoms with van der Waals surface area (Å²) in [6.45, 7) is -0.00197. The summed E-state index contributed by atoms with van der Waals surface area (Å²) in [7, 11) is 1.46. The smallest absolute Gasteiger partial charge is 0.306 e. The molecule has 0 bridgehead atoms. The largest absolute Gasteiger partial charge is 0.493 e.